The summed E-state index contributed by atoms with van der Waals surface area (Å²) >= 11 is 0. The number of hydrogen-bond acceptors (Lipinski definition) is 7. The summed E-state index contributed by atoms with van der Waals surface area (Å²) in [6.07, 6.45) is 3.79. The van der Waals surface area contributed by atoms with Crippen LogP contribution in [0.5, 0.6) is 0 Å². The van der Waals surface area contributed by atoms with E-state index < -0.39 is 0 Å². The lowest BCUT2D eigenvalue weighted by molar-refractivity contribution is -0.128. The van der Waals surface area contributed by atoms with Gasteiger partial charge < -0.3 is 15.0 Å². The molecule has 1 saturated heterocycles. The molecule has 0 radical (unpaired) electrons. The van der Waals surface area contributed by atoms with E-state index in [9.17, 15) is 9.59 Å². The second-order valence-corrected chi connectivity index (χ2v) is 10.1. The van der Waals surface area contributed by atoms with Gasteiger partial charge in [0.1, 0.15) is 12.4 Å². The molecule has 4 rings (SSSR count). The van der Waals surface area contributed by atoms with E-state index >= 15 is 0 Å². The maximum Gasteiger partial charge on any atom is 0.415 e. The first-order valence-electron chi connectivity index (χ1n) is 13.1. The van der Waals surface area contributed by atoms with Crippen LogP contribution in [-0.2, 0) is 16.1 Å². The number of carbonyl (C=O) groups excluding carboxylic acids is 2. The minimum absolute atomic E-state index is 0.0103. The summed E-state index contributed by atoms with van der Waals surface area (Å²) in [4.78, 5) is 39.0. The number of hydrogen-bond donors (Lipinski definition) is 1. The molecule has 0 saturated carbocycles. The maximum absolute atomic E-state index is 12.1. The van der Waals surface area contributed by atoms with Crippen LogP contribution in [-0.4, -0.2) is 64.5 Å². The van der Waals surface area contributed by atoms with Gasteiger partial charge in [0, 0.05) is 45.0 Å². The average molecular weight is 507 g/mol. The van der Waals surface area contributed by atoms with Crippen LogP contribution in [0.4, 0.5) is 16.6 Å². The molecule has 1 unspecified atom stereocenters. The van der Waals surface area contributed by atoms with Crippen LogP contribution in [0.1, 0.15) is 62.9 Å². The molecular formula is C28H38N6O3. The quantitative estimate of drug-likeness (QED) is 0.499. The van der Waals surface area contributed by atoms with Gasteiger partial charge in [0.15, 0.2) is 0 Å². The summed E-state index contributed by atoms with van der Waals surface area (Å²) in [6, 6.07) is 9.03. The molecule has 1 N–H and O–H groups in total. The van der Waals surface area contributed by atoms with Gasteiger partial charge in [-0.15, -0.1) is 0 Å². The summed E-state index contributed by atoms with van der Waals surface area (Å²) in [5.41, 5.74) is 3.21. The third kappa shape index (κ3) is 6.10. The van der Waals surface area contributed by atoms with Crippen LogP contribution >= 0.6 is 0 Å². The van der Waals surface area contributed by atoms with Gasteiger partial charge in [-0.05, 0) is 43.4 Å². The second-order valence-electron chi connectivity index (χ2n) is 10.1. The maximum atomic E-state index is 12.1. The fourth-order valence-electron chi connectivity index (χ4n) is 4.99. The molecule has 1 aromatic heterocycles. The molecule has 0 bridgehead atoms. The number of nitrogens with one attached hydrogen (secondary N) is 1. The standard InChI is InChI=1S/C28H38N6O3/c1-6-25(35)33-14-12-32(13-15-33)24(16-19(3)4)22-10-8-21(9-11-22)20(5)30-27-29-17-23-18-37-28(36)34(7-2)26(23)31-27/h6,8-11,17,19-20,24H,1,7,12-16,18H2,2-5H3,(H,29,30,31)/t20-,24?/m0/s1. The zero-order valence-corrected chi connectivity index (χ0v) is 22.3. The first-order valence-corrected chi connectivity index (χ1v) is 13.1. The highest BCUT2D eigenvalue weighted by Gasteiger charge is 2.28. The molecule has 37 heavy (non-hydrogen) atoms. The number of anilines is 2. The van der Waals surface area contributed by atoms with Gasteiger partial charge in [0.05, 0.1) is 11.6 Å². The molecule has 0 aliphatic carbocycles. The summed E-state index contributed by atoms with van der Waals surface area (Å²) in [6.45, 7) is 15.9. The summed E-state index contributed by atoms with van der Waals surface area (Å²) in [5.74, 6) is 1.65. The Morgan fingerprint density at radius 1 is 1.14 bits per heavy atom. The van der Waals surface area contributed by atoms with Crippen LogP contribution < -0.4 is 10.2 Å². The van der Waals surface area contributed by atoms with Crippen molar-refractivity contribution in [1.29, 1.82) is 0 Å². The Labute approximate surface area is 219 Å². The molecule has 9 nitrogen and oxygen atoms in total. The van der Waals surface area contributed by atoms with Gasteiger partial charge in [-0.25, -0.2) is 9.78 Å². The first-order chi connectivity index (χ1) is 17.8. The smallest absolute Gasteiger partial charge is 0.415 e. The van der Waals surface area contributed by atoms with E-state index in [0.717, 1.165) is 43.7 Å². The van der Waals surface area contributed by atoms with E-state index in [0.29, 0.717) is 30.3 Å². The minimum Gasteiger partial charge on any atom is -0.444 e. The number of ether oxygens (including phenoxy) is 1. The molecule has 198 valence electrons. The number of rotatable bonds is 9. The number of benzene rings is 1. The van der Waals surface area contributed by atoms with Crippen molar-refractivity contribution in [3.63, 3.8) is 0 Å². The number of cyclic esters (lactones) is 1. The molecule has 0 spiro atoms. The summed E-state index contributed by atoms with van der Waals surface area (Å²) < 4.78 is 5.18. The monoisotopic (exact) mass is 506 g/mol. The summed E-state index contributed by atoms with van der Waals surface area (Å²) in [7, 11) is 0. The van der Waals surface area contributed by atoms with Gasteiger partial charge in [-0.2, -0.15) is 4.98 Å². The third-order valence-corrected chi connectivity index (χ3v) is 7.09. The van der Waals surface area contributed by atoms with E-state index in [-0.39, 0.29) is 24.6 Å². The van der Waals surface area contributed by atoms with Crippen LogP contribution in [0.25, 0.3) is 0 Å². The molecule has 9 heteroatoms. The summed E-state index contributed by atoms with van der Waals surface area (Å²) in [5, 5.41) is 3.38. The number of piperazine rings is 1. The van der Waals surface area contributed by atoms with E-state index in [1.54, 1.807) is 6.20 Å². The van der Waals surface area contributed by atoms with E-state index in [1.165, 1.54) is 16.5 Å². The number of amides is 2. The Balaban J connectivity index is 1.45. The van der Waals surface area contributed by atoms with Crippen molar-refractivity contribution in [1.82, 2.24) is 19.8 Å². The molecular weight excluding hydrogens is 468 g/mol. The molecule has 2 aliphatic heterocycles. The van der Waals surface area contributed by atoms with Crippen molar-refractivity contribution in [3.8, 4) is 0 Å². The van der Waals surface area contributed by atoms with Gasteiger partial charge in [0.2, 0.25) is 11.9 Å². The van der Waals surface area contributed by atoms with Crippen LogP contribution in [0.15, 0.2) is 43.1 Å². The Bertz CT molecular complexity index is 1110. The first kappa shape index (κ1) is 26.6. The largest absolute Gasteiger partial charge is 0.444 e. The lowest BCUT2D eigenvalue weighted by Gasteiger charge is -2.40. The van der Waals surface area contributed by atoms with Crippen molar-refractivity contribution >= 4 is 23.8 Å². The lowest BCUT2D eigenvalue weighted by Crippen LogP contribution is -2.49. The minimum atomic E-state index is -0.382. The van der Waals surface area contributed by atoms with Crippen molar-refractivity contribution < 1.29 is 14.3 Å². The molecule has 2 aliphatic rings. The highest BCUT2D eigenvalue weighted by molar-refractivity contribution is 5.89. The average Bonchev–Trinajstić information content (AvgIpc) is 2.91. The SMILES string of the molecule is C=CC(=O)N1CCN(C(CC(C)C)c2ccc([C@H](C)Nc3ncc4c(n3)N(CC)C(=O)OC4)cc2)CC1. The lowest BCUT2D eigenvalue weighted by atomic mass is 9.93. The number of fused-ring (bicyclic) bond motifs is 1. The Kier molecular flexibility index (Phi) is 8.43. The predicted octanol–water partition coefficient (Wildman–Crippen LogP) is 4.54. The Morgan fingerprint density at radius 2 is 1.81 bits per heavy atom. The van der Waals surface area contributed by atoms with Gasteiger partial charge in [-0.3, -0.25) is 14.6 Å². The third-order valence-electron chi connectivity index (χ3n) is 7.09. The fourth-order valence-corrected chi connectivity index (χ4v) is 4.99. The predicted molar refractivity (Wildman–Crippen MR) is 144 cm³/mol. The van der Waals surface area contributed by atoms with Crippen LogP contribution in [0.2, 0.25) is 0 Å². The van der Waals surface area contributed by atoms with Crippen molar-refractivity contribution in [2.24, 2.45) is 5.92 Å². The second kappa shape index (κ2) is 11.7. The zero-order valence-electron chi connectivity index (χ0n) is 22.3. The van der Waals surface area contributed by atoms with Crippen molar-refractivity contribution in [3.05, 3.63) is 59.8 Å². The normalized spacial score (nSPS) is 17.7. The number of carbonyl (C=O) groups is 2. The number of aromatic nitrogens is 2. The molecule has 1 fully saturated rings. The Hall–Kier alpha value is -3.46. The molecule has 2 aromatic rings. The highest BCUT2D eigenvalue weighted by atomic mass is 16.6. The van der Waals surface area contributed by atoms with Gasteiger partial charge >= 0.3 is 6.09 Å². The molecule has 3 heterocycles. The van der Waals surface area contributed by atoms with Crippen molar-refractivity contribution in [2.45, 2.75) is 52.8 Å². The van der Waals surface area contributed by atoms with Gasteiger partial charge in [-0.1, -0.05) is 44.7 Å². The Morgan fingerprint density at radius 3 is 2.43 bits per heavy atom. The number of nitrogens with zero attached hydrogens (tertiary/aromatic N) is 5. The highest BCUT2D eigenvalue weighted by Crippen LogP contribution is 2.31. The molecule has 2 amide bonds. The van der Waals surface area contributed by atoms with Crippen LogP contribution in [0.3, 0.4) is 0 Å². The van der Waals surface area contributed by atoms with E-state index in [2.05, 4.69) is 71.8 Å². The zero-order chi connectivity index (χ0) is 26.5. The topological polar surface area (TPSA) is 90.9 Å². The van der Waals surface area contributed by atoms with E-state index in [4.69, 9.17) is 4.74 Å². The van der Waals surface area contributed by atoms with Gasteiger partial charge in [0.25, 0.3) is 0 Å². The molecule has 1 aromatic carbocycles. The molecule has 2 atom stereocenters. The van der Waals surface area contributed by atoms with Crippen molar-refractivity contribution in [2.75, 3.05) is 42.9 Å². The van der Waals surface area contributed by atoms with E-state index in [1.807, 2.05) is 11.8 Å². The fraction of sp³-hybridized carbons (Fsp3) is 0.500. The van der Waals surface area contributed by atoms with Crippen LogP contribution in [0, 0.1) is 5.92 Å².